The molecule has 0 saturated heterocycles. The summed E-state index contributed by atoms with van der Waals surface area (Å²) < 4.78 is 11.0. The van der Waals surface area contributed by atoms with E-state index in [1.165, 1.54) is 0 Å². The number of benzene rings is 2. The molecule has 5 heteroatoms. The van der Waals surface area contributed by atoms with E-state index in [1.807, 2.05) is 42.5 Å². The SMILES string of the molecule is COc1ccc(CC(N)C(=O)O)cc1COc1ccccc1. The van der Waals surface area contributed by atoms with Crippen LogP contribution in [-0.4, -0.2) is 24.2 Å². The number of ether oxygens (including phenoxy) is 2. The van der Waals surface area contributed by atoms with Gasteiger partial charge in [0, 0.05) is 5.56 Å². The summed E-state index contributed by atoms with van der Waals surface area (Å²) in [6, 6.07) is 14.0. The van der Waals surface area contributed by atoms with Gasteiger partial charge in [0.05, 0.1) is 7.11 Å². The molecule has 22 heavy (non-hydrogen) atoms. The summed E-state index contributed by atoms with van der Waals surface area (Å²) in [4.78, 5) is 10.8. The predicted molar refractivity (Wildman–Crippen MR) is 83.1 cm³/mol. The second kappa shape index (κ2) is 7.47. The van der Waals surface area contributed by atoms with Gasteiger partial charge in [-0.05, 0) is 36.2 Å². The highest BCUT2D eigenvalue weighted by molar-refractivity contribution is 5.73. The minimum atomic E-state index is -1.02. The van der Waals surface area contributed by atoms with Crippen molar-refractivity contribution in [1.82, 2.24) is 0 Å². The summed E-state index contributed by atoms with van der Waals surface area (Å²) >= 11 is 0. The summed E-state index contributed by atoms with van der Waals surface area (Å²) in [5, 5.41) is 8.89. The van der Waals surface area contributed by atoms with Crippen LogP contribution in [0.15, 0.2) is 48.5 Å². The predicted octanol–water partition coefficient (Wildman–Crippen LogP) is 2.23. The molecule has 0 saturated carbocycles. The summed E-state index contributed by atoms with van der Waals surface area (Å²) in [6.07, 6.45) is 0.262. The molecule has 1 atom stereocenters. The number of carbonyl (C=O) groups is 1. The van der Waals surface area contributed by atoms with Crippen LogP contribution in [0, 0.1) is 0 Å². The first kappa shape index (κ1) is 15.9. The van der Waals surface area contributed by atoms with Crippen LogP contribution in [0.2, 0.25) is 0 Å². The molecular weight excluding hydrogens is 282 g/mol. The first-order chi connectivity index (χ1) is 10.6. The first-order valence-electron chi connectivity index (χ1n) is 6.92. The molecule has 116 valence electrons. The van der Waals surface area contributed by atoms with Crippen LogP contribution in [0.4, 0.5) is 0 Å². The van der Waals surface area contributed by atoms with Crippen LogP contribution in [-0.2, 0) is 17.8 Å². The first-order valence-corrected chi connectivity index (χ1v) is 6.92. The molecule has 3 N–H and O–H groups in total. The van der Waals surface area contributed by atoms with Crippen molar-refractivity contribution in [3.05, 3.63) is 59.7 Å². The topological polar surface area (TPSA) is 81.8 Å². The lowest BCUT2D eigenvalue weighted by molar-refractivity contribution is -0.138. The molecule has 0 aromatic heterocycles. The highest BCUT2D eigenvalue weighted by Gasteiger charge is 2.14. The summed E-state index contributed by atoms with van der Waals surface area (Å²) in [6.45, 7) is 0.337. The van der Waals surface area contributed by atoms with E-state index in [2.05, 4.69) is 0 Å². The lowest BCUT2D eigenvalue weighted by atomic mass is 10.0. The zero-order chi connectivity index (χ0) is 15.9. The van der Waals surface area contributed by atoms with Crippen LogP contribution in [0.5, 0.6) is 11.5 Å². The number of nitrogens with two attached hydrogens (primary N) is 1. The quantitative estimate of drug-likeness (QED) is 0.819. The maximum atomic E-state index is 10.8. The monoisotopic (exact) mass is 301 g/mol. The fourth-order valence-corrected chi connectivity index (χ4v) is 2.09. The lowest BCUT2D eigenvalue weighted by Crippen LogP contribution is -2.32. The van der Waals surface area contributed by atoms with Crippen molar-refractivity contribution >= 4 is 5.97 Å². The van der Waals surface area contributed by atoms with Crippen LogP contribution in [0.25, 0.3) is 0 Å². The second-order valence-corrected chi connectivity index (χ2v) is 4.90. The fraction of sp³-hybridized carbons (Fsp3) is 0.235. The minimum Gasteiger partial charge on any atom is -0.496 e. The standard InChI is InChI=1S/C17H19NO4/c1-21-16-8-7-12(10-15(18)17(19)20)9-13(16)11-22-14-5-3-2-4-6-14/h2-9,15H,10-11,18H2,1H3,(H,19,20). The molecule has 0 amide bonds. The Kier molecular flexibility index (Phi) is 5.38. The number of rotatable bonds is 7. The van der Waals surface area contributed by atoms with Gasteiger partial charge in [0.25, 0.3) is 0 Å². The average molecular weight is 301 g/mol. The molecule has 0 radical (unpaired) electrons. The van der Waals surface area contributed by atoms with Gasteiger partial charge in [0.2, 0.25) is 0 Å². The molecule has 2 aromatic rings. The van der Waals surface area contributed by atoms with Crippen molar-refractivity contribution in [2.24, 2.45) is 5.73 Å². The number of hydrogen-bond acceptors (Lipinski definition) is 4. The zero-order valence-corrected chi connectivity index (χ0v) is 12.4. The molecule has 0 spiro atoms. The molecule has 2 rings (SSSR count). The molecule has 0 fully saturated rings. The number of carboxylic acids is 1. The zero-order valence-electron chi connectivity index (χ0n) is 12.4. The van der Waals surface area contributed by atoms with Gasteiger partial charge >= 0.3 is 5.97 Å². The summed E-state index contributed by atoms with van der Waals surface area (Å²) in [5.41, 5.74) is 7.26. The Labute approximate surface area is 129 Å². The van der Waals surface area contributed by atoms with E-state index in [0.717, 1.165) is 16.9 Å². The third kappa shape index (κ3) is 4.23. The van der Waals surface area contributed by atoms with Gasteiger partial charge in [-0.15, -0.1) is 0 Å². The molecule has 1 unspecified atom stereocenters. The maximum absolute atomic E-state index is 10.8. The molecule has 0 bridgehead atoms. The molecular formula is C17H19NO4. The van der Waals surface area contributed by atoms with Gasteiger partial charge in [0.1, 0.15) is 24.1 Å². The number of aliphatic carboxylic acids is 1. The van der Waals surface area contributed by atoms with E-state index in [4.69, 9.17) is 20.3 Å². The number of hydrogen-bond donors (Lipinski definition) is 2. The van der Waals surface area contributed by atoms with Crippen molar-refractivity contribution < 1.29 is 19.4 Å². The third-order valence-electron chi connectivity index (χ3n) is 3.26. The highest BCUT2D eigenvalue weighted by atomic mass is 16.5. The molecule has 0 aliphatic carbocycles. The van der Waals surface area contributed by atoms with Crippen molar-refractivity contribution in [3.8, 4) is 11.5 Å². The van der Waals surface area contributed by atoms with Crippen molar-refractivity contribution in [2.45, 2.75) is 19.1 Å². The van der Waals surface area contributed by atoms with Crippen LogP contribution in [0.1, 0.15) is 11.1 Å². The van der Waals surface area contributed by atoms with Gasteiger partial charge in [-0.3, -0.25) is 4.79 Å². The van der Waals surface area contributed by atoms with E-state index >= 15 is 0 Å². The van der Waals surface area contributed by atoms with Gasteiger partial charge in [-0.1, -0.05) is 24.3 Å². The van der Waals surface area contributed by atoms with E-state index in [0.29, 0.717) is 12.4 Å². The Morgan fingerprint density at radius 3 is 2.59 bits per heavy atom. The Bertz CT molecular complexity index is 628. The van der Waals surface area contributed by atoms with Gasteiger partial charge in [-0.2, -0.15) is 0 Å². The van der Waals surface area contributed by atoms with Crippen LogP contribution < -0.4 is 15.2 Å². The van der Waals surface area contributed by atoms with Gasteiger partial charge in [-0.25, -0.2) is 0 Å². The van der Waals surface area contributed by atoms with Gasteiger partial charge in [0.15, 0.2) is 0 Å². The largest absolute Gasteiger partial charge is 0.496 e. The third-order valence-corrected chi connectivity index (χ3v) is 3.26. The van der Waals surface area contributed by atoms with Gasteiger partial charge < -0.3 is 20.3 Å². The maximum Gasteiger partial charge on any atom is 0.320 e. The van der Waals surface area contributed by atoms with E-state index in [1.54, 1.807) is 13.2 Å². The number of carboxylic acid groups (broad SMARTS) is 1. The lowest BCUT2D eigenvalue weighted by Gasteiger charge is -2.13. The average Bonchev–Trinajstić information content (AvgIpc) is 2.54. The molecule has 2 aromatic carbocycles. The minimum absolute atomic E-state index is 0.262. The van der Waals surface area contributed by atoms with Crippen LogP contribution >= 0.6 is 0 Å². The summed E-state index contributed by atoms with van der Waals surface area (Å²) in [5.74, 6) is 0.443. The molecule has 0 aliphatic rings. The molecule has 0 heterocycles. The highest BCUT2D eigenvalue weighted by Crippen LogP contribution is 2.22. The Hall–Kier alpha value is -2.53. The second-order valence-electron chi connectivity index (χ2n) is 4.90. The van der Waals surface area contributed by atoms with Crippen LogP contribution in [0.3, 0.4) is 0 Å². The fourth-order valence-electron chi connectivity index (χ4n) is 2.09. The number of para-hydroxylation sites is 1. The van der Waals surface area contributed by atoms with E-state index in [9.17, 15) is 4.79 Å². The van der Waals surface area contributed by atoms with E-state index < -0.39 is 12.0 Å². The smallest absolute Gasteiger partial charge is 0.320 e. The Balaban J connectivity index is 2.12. The number of methoxy groups -OCH3 is 1. The summed E-state index contributed by atoms with van der Waals surface area (Å²) in [7, 11) is 1.59. The Morgan fingerprint density at radius 1 is 1.23 bits per heavy atom. The van der Waals surface area contributed by atoms with Crippen molar-refractivity contribution in [2.75, 3.05) is 7.11 Å². The Morgan fingerprint density at radius 2 is 1.95 bits per heavy atom. The normalized spacial score (nSPS) is 11.7. The molecule has 5 nitrogen and oxygen atoms in total. The van der Waals surface area contributed by atoms with Crippen molar-refractivity contribution in [3.63, 3.8) is 0 Å². The molecule has 0 aliphatic heterocycles. The van der Waals surface area contributed by atoms with E-state index in [-0.39, 0.29) is 6.42 Å². The van der Waals surface area contributed by atoms with Crippen molar-refractivity contribution in [1.29, 1.82) is 0 Å².